The van der Waals surface area contributed by atoms with Gasteiger partial charge in [-0.15, -0.1) is 0 Å². The molecule has 152 valence electrons. The Hall–Kier alpha value is -3.16. The normalized spacial score (nSPS) is 10.9. The van der Waals surface area contributed by atoms with Gasteiger partial charge in [-0.05, 0) is 32.9 Å². The molecule has 0 aliphatic rings. The van der Waals surface area contributed by atoms with Crippen LogP contribution in [0.5, 0.6) is 0 Å². The van der Waals surface area contributed by atoms with Gasteiger partial charge < -0.3 is 10.1 Å². The zero-order valence-corrected chi connectivity index (χ0v) is 17.0. The number of carbonyl (C=O) groups is 2. The van der Waals surface area contributed by atoms with Crippen molar-refractivity contribution in [3.05, 3.63) is 54.3 Å². The number of esters is 1. The molecule has 0 bridgehead atoms. The molecule has 0 saturated heterocycles. The molecule has 10 nitrogen and oxygen atoms in total. The van der Waals surface area contributed by atoms with E-state index in [0.29, 0.717) is 10.2 Å². The van der Waals surface area contributed by atoms with Gasteiger partial charge in [-0.25, -0.2) is 14.4 Å². The molecular formula is C17H15Cl2N5O5. The summed E-state index contributed by atoms with van der Waals surface area (Å²) in [6, 6.07) is 4.67. The van der Waals surface area contributed by atoms with Crippen LogP contribution in [0.4, 0.5) is 4.79 Å². The molecule has 0 unspecified atom stereocenters. The van der Waals surface area contributed by atoms with Crippen LogP contribution in [0, 0.1) is 11.3 Å². The van der Waals surface area contributed by atoms with Crippen molar-refractivity contribution in [1.29, 1.82) is 5.26 Å². The SMILES string of the molecule is CCNC(=O)OC(=O)c1nn(-c2cc(Cl)c(C(C)(C)C#N)c(Cl)c2)c(=O)[nH]c1=O. The van der Waals surface area contributed by atoms with Crippen LogP contribution < -0.4 is 16.6 Å². The number of ether oxygens (including phenoxy) is 1. The molecular weight excluding hydrogens is 425 g/mol. The second-order valence-electron chi connectivity index (χ2n) is 6.25. The Morgan fingerprint density at radius 3 is 2.41 bits per heavy atom. The maximum Gasteiger partial charge on any atom is 0.415 e. The lowest BCUT2D eigenvalue weighted by atomic mass is 9.86. The Morgan fingerprint density at radius 2 is 1.90 bits per heavy atom. The predicted molar refractivity (Wildman–Crippen MR) is 104 cm³/mol. The number of H-pyrrole nitrogens is 1. The fraction of sp³-hybridized carbons (Fsp3) is 0.294. The minimum atomic E-state index is -1.36. The number of alkyl carbamates (subject to hydrolysis) is 1. The van der Waals surface area contributed by atoms with E-state index in [-0.39, 0.29) is 22.3 Å². The summed E-state index contributed by atoms with van der Waals surface area (Å²) in [5.74, 6) is -1.36. The van der Waals surface area contributed by atoms with Crippen LogP contribution in [-0.4, -0.2) is 33.4 Å². The number of hydrogen-bond donors (Lipinski definition) is 2. The third-order valence-corrected chi connectivity index (χ3v) is 4.30. The van der Waals surface area contributed by atoms with E-state index in [9.17, 15) is 24.4 Å². The first-order valence-electron chi connectivity index (χ1n) is 8.16. The molecule has 12 heteroatoms. The molecule has 2 aromatic rings. The van der Waals surface area contributed by atoms with E-state index in [1.165, 1.54) is 12.1 Å². The van der Waals surface area contributed by atoms with Gasteiger partial charge in [0.15, 0.2) is 0 Å². The van der Waals surface area contributed by atoms with Gasteiger partial charge in [0.25, 0.3) is 5.56 Å². The van der Waals surface area contributed by atoms with E-state index in [1.807, 2.05) is 4.98 Å². The van der Waals surface area contributed by atoms with Crippen LogP contribution in [0.25, 0.3) is 5.69 Å². The molecule has 0 radical (unpaired) electrons. The number of nitrogens with zero attached hydrogens (tertiary/aromatic N) is 3. The summed E-state index contributed by atoms with van der Waals surface area (Å²) in [5.41, 5.74) is -3.61. The van der Waals surface area contributed by atoms with E-state index >= 15 is 0 Å². The monoisotopic (exact) mass is 439 g/mol. The lowest BCUT2D eigenvalue weighted by Crippen LogP contribution is -2.37. The molecule has 2 N–H and O–H groups in total. The van der Waals surface area contributed by atoms with Crippen molar-refractivity contribution in [3.63, 3.8) is 0 Å². The lowest BCUT2D eigenvalue weighted by Gasteiger charge is -2.20. The Kier molecular flexibility index (Phi) is 6.46. The van der Waals surface area contributed by atoms with Crippen molar-refractivity contribution in [3.8, 4) is 11.8 Å². The van der Waals surface area contributed by atoms with Crippen LogP contribution in [-0.2, 0) is 10.2 Å². The molecule has 0 spiro atoms. The summed E-state index contributed by atoms with van der Waals surface area (Å²) in [6.45, 7) is 5.01. The van der Waals surface area contributed by atoms with Crippen molar-refractivity contribution in [2.75, 3.05) is 6.54 Å². The van der Waals surface area contributed by atoms with E-state index in [0.717, 1.165) is 0 Å². The molecule has 0 aliphatic carbocycles. The number of hydrogen-bond acceptors (Lipinski definition) is 7. The molecule has 1 aromatic carbocycles. The second kappa shape index (κ2) is 8.46. The minimum absolute atomic E-state index is 0.0193. The van der Waals surface area contributed by atoms with Crippen LogP contribution in [0.15, 0.2) is 21.7 Å². The van der Waals surface area contributed by atoms with Gasteiger partial charge in [-0.2, -0.15) is 15.0 Å². The molecule has 2 rings (SSSR count). The van der Waals surface area contributed by atoms with Crippen LogP contribution >= 0.6 is 23.2 Å². The maximum absolute atomic E-state index is 12.2. The first-order chi connectivity index (χ1) is 13.5. The van der Waals surface area contributed by atoms with Gasteiger partial charge in [-0.3, -0.25) is 9.78 Å². The average Bonchev–Trinajstić information content (AvgIpc) is 2.60. The van der Waals surface area contributed by atoms with E-state index in [2.05, 4.69) is 21.2 Å². The number of amides is 1. The van der Waals surface area contributed by atoms with Crippen molar-refractivity contribution in [1.82, 2.24) is 20.1 Å². The Labute approximate surface area is 174 Å². The fourth-order valence-corrected chi connectivity index (χ4v) is 3.30. The minimum Gasteiger partial charge on any atom is -0.371 e. The maximum atomic E-state index is 12.2. The highest BCUT2D eigenvalue weighted by atomic mass is 35.5. The standard InChI is InChI=1S/C17H15Cl2N5O5/c1-4-21-16(28)29-14(26)12-13(25)22-15(27)24(23-12)8-5-9(18)11(10(19)6-8)17(2,3)7-20/h5-6H,4H2,1-3H3,(H,21,28)(H,22,25,27). The van der Waals surface area contributed by atoms with Gasteiger partial charge in [0.1, 0.15) is 0 Å². The van der Waals surface area contributed by atoms with Crippen LogP contribution in [0.1, 0.15) is 36.8 Å². The molecule has 0 aliphatic heterocycles. The number of nitriles is 1. The molecule has 1 heterocycles. The summed E-state index contributed by atoms with van der Waals surface area (Å²) < 4.78 is 5.10. The van der Waals surface area contributed by atoms with E-state index in [1.54, 1.807) is 20.8 Å². The summed E-state index contributed by atoms with van der Waals surface area (Å²) in [5, 5.41) is 15.3. The highest BCUT2D eigenvalue weighted by molar-refractivity contribution is 6.36. The first kappa shape index (κ1) is 22.1. The quantitative estimate of drug-likeness (QED) is 0.545. The summed E-state index contributed by atoms with van der Waals surface area (Å²) in [4.78, 5) is 49.4. The third-order valence-electron chi connectivity index (χ3n) is 3.70. The van der Waals surface area contributed by atoms with Gasteiger partial charge in [0.05, 0.1) is 17.2 Å². The molecule has 0 atom stereocenters. The Bertz CT molecular complexity index is 1120. The number of carbonyl (C=O) groups excluding carboxylic acids is 2. The fourth-order valence-electron chi connectivity index (χ4n) is 2.36. The predicted octanol–water partition coefficient (Wildman–Crippen LogP) is 1.92. The number of rotatable bonds is 4. The Morgan fingerprint density at radius 1 is 1.31 bits per heavy atom. The summed E-state index contributed by atoms with van der Waals surface area (Å²) in [6.07, 6.45) is -1.08. The van der Waals surface area contributed by atoms with Crippen molar-refractivity contribution in [2.45, 2.75) is 26.2 Å². The van der Waals surface area contributed by atoms with Gasteiger partial charge in [0, 0.05) is 22.2 Å². The molecule has 1 amide bonds. The smallest absolute Gasteiger partial charge is 0.371 e. The Balaban J connectivity index is 2.58. The average molecular weight is 440 g/mol. The number of aromatic amines is 1. The summed E-state index contributed by atoms with van der Waals surface area (Å²) in [7, 11) is 0. The van der Waals surface area contributed by atoms with Crippen molar-refractivity contribution < 1.29 is 14.3 Å². The number of nitrogens with one attached hydrogen (secondary N) is 2. The molecule has 1 aromatic heterocycles. The first-order valence-corrected chi connectivity index (χ1v) is 8.92. The molecule has 29 heavy (non-hydrogen) atoms. The van der Waals surface area contributed by atoms with Crippen LogP contribution in [0.2, 0.25) is 10.0 Å². The van der Waals surface area contributed by atoms with Crippen molar-refractivity contribution in [2.24, 2.45) is 0 Å². The zero-order chi connectivity index (χ0) is 21.9. The van der Waals surface area contributed by atoms with E-state index < -0.39 is 34.4 Å². The highest BCUT2D eigenvalue weighted by Crippen LogP contribution is 2.36. The highest BCUT2D eigenvalue weighted by Gasteiger charge is 2.27. The van der Waals surface area contributed by atoms with Gasteiger partial charge >= 0.3 is 17.8 Å². The number of halogens is 2. The van der Waals surface area contributed by atoms with Gasteiger partial charge in [0.2, 0.25) is 5.69 Å². The van der Waals surface area contributed by atoms with Gasteiger partial charge in [-0.1, -0.05) is 23.2 Å². The molecule has 0 saturated carbocycles. The van der Waals surface area contributed by atoms with Crippen molar-refractivity contribution >= 4 is 35.3 Å². The third kappa shape index (κ3) is 4.64. The lowest BCUT2D eigenvalue weighted by molar-refractivity contribution is 0.0612. The topological polar surface area (TPSA) is 147 Å². The summed E-state index contributed by atoms with van der Waals surface area (Å²) >= 11 is 12.5. The zero-order valence-electron chi connectivity index (χ0n) is 15.5. The molecule has 0 fully saturated rings. The second-order valence-corrected chi connectivity index (χ2v) is 7.06. The van der Waals surface area contributed by atoms with Crippen LogP contribution in [0.3, 0.4) is 0 Å². The largest absolute Gasteiger partial charge is 0.415 e. The number of aromatic nitrogens is 3. The van der Waals surface area contributed by atoms with E-state index in [4.69, 9.17) is 23.2 Å². The number of benzene rings is 1.